The summed E-state index contributed by atoms with van der Waals surface area (Å²) >= 11 is 5.73. The Labute approximate surface area is 183 Å². The fourth-order valence-electron chi connectivity index (χ4n) is 4.45. The van der Waals surface area contributed by atoms with Gasteiger partial charge < -0.3 is 19.5 Å². The molecule has 1 aliphatic heterocycles. The molecule has 0 unspecified atom stereocenters. The van der Waals surface area contributed by atoms with Crippen LogP contribution in [0.25, 0.3) is 5.69 Å². The lowest BCUT2D eigenvalue weighted by molar-refractivity contribution is 0.164. The van der Waals surface area contributed by atoms with E-state index in [2.05, 4.69) is 76.9 Å². The minimum atomic E-state index is -0.0126. The van der Waals surface area contributed by atoms with E-state index in [1.807, 2.05) is 18.3 Å². The Morgan fingerprint density at radius 1 is 1.10 bits per heavy atom. The summed E-state index contributed by atoms with van der Waals surface area (Å²) < 4.78 is 7.71. The number of pyridine rings is 1. The number of methoxy groups -OCH3 is 1. The first-order valence-corrected chi connectivity index (χ1v) is 10.7. The van der Waals surface area contributed by atoms with Gasteiger partial charge in [0.25, 0.3) is 0 Å². The highest BCUT2D eigenvalue weighted by molar-refractivity contribution is 7.80. The number of para-hydroxylation sites is 1. The van der Waals surface area contributed by atoms with Gasteiger partial charge in [-0.3, -0.25) is 4.98 Å². The normalized spacial score (nSPS) is 18.7. The van der Waals surface area contributed by atoms with Crippen molar-refractivity contribution in [3.63, 3.8) is 0 Å². The first-order chi connectivity index (χ1) is 14.5. The summed E-state index contributed by atoms with van der Waals surface area (Å²) in [6.45, 7) is 7.86. The molecule has 5 nitrogen and oxygen atoms in total. The number of benzene rings is 1. The molecule has 0 amide bonds. The van der Waals surface area contributed by atoms with Crippen molar-refractivity contribution in [2.75, 3.05) is 20.3 Å². The lowest BCUT2D eigenvalue weighted by atomic mass is 9.97. The summed E-state index contributed by atoms with van der Waals surface area (Å²) in [5.41, 5.74) is 7.15. The molecule has 3 heterocycles. The van der Waals surface area contributed by atoms with Crippen LogP contribution < -0.4 is 5.32 Å². The molecule has 156 valence electrons. The van der Waals surface area contributed by atoms with Gasteiger partial charge in [0, 0.05) is 36.9 Å². The maximum Gasteiger partial charge on any atom is 0.170 e. The topological polar surface area (TPSA) is 42.3 Å². The molecule has 2 atom stereocenters. The largest absolute Gasteiger partial charge is 0.383 e. The van der Waals surface area contributed by atoms with E-state index in [0.717, 1.165) is 17.4 Å². The molecule has 1 saturated heterocycles. The molecule has 4 rings (SSSR count). The van der Waals surface area contributed by atoms with E-state index in [0.29, 0.717) is 6.61 Å². The van der Waals surface area contributed by atoms with Gasteiger partial charge in [-0.25, -0.2) is 0 Å². The molecular formula is C24H28N4OS. The second kappa shape index (κ2) is 8.58. The highest BCUT2D eigenvalue weighted by Gasteiger charge is 2.41. The van der Waals surface area contributed by atoms with Crippen LogP contribution in [-0.2, 0) is 4.74 Å². The third-order valence-electron chi connectivity index (χ3n) is 5.88. The summed E-state index contributed by atoms with van der Waals surface area (Å²) in [5, 5.41) is 4.26. The van der Waals surface area contributed by atoms with E-state index in [1.54, 1.807) is 7.11 Å². The van der Waals surface area contributed by atoms with Crippen LogP contribution in [0.4, 0.5) is 0 Å². The van der Waals surface area contributed by atoms with Gasteiger partial charge in [-0.05, 0) is 68.4 Å². The fraction of sp³-hybridized carbons (Fsp3) is 0.333. The number of ether oxygens (including phenoxy) is 1. The van der Waals surface area contributed by atoms with Crippen LogP contribution >= 0.6 is 12.2 Å². The van der Waals surface area contributed by atoms with Crippen LogP contribution in [0.2, 0.25) is 0 Å². The zero-order valence-electron chi connectivity index (χ0n) is 17.9. The van der Waals surface area contributed by atoms with Gasteiger partial charge in [0.15, 0.2) is 5.11 Å². The molecule has 0 radical (unpaired) electrons. The number of rotatable bonds is 6. The van der Waals surface area contributed by atoms with Crippen molar-refractivity contribution in [3.8, 4) is 5.69 Å². The molecule has 6 heteroatoms. The van der Waals surface area contributed by atoms with Gasteiger partial charge in [-0.2, -0.15) is 0 Å². The van der Waals surface area contributed by atoms with Crippen molar-refractivity contribution < 1.29 is 4.74 Å². The molecule has 1 aliphatic rings. The Hall–Kier alpha value is -2.70. The minimum Gasteiger partial charge on any atom is -0.383 e. The van der Waals surface area contributed by atoms with Crippen molar-refractivity contribution in [3.05, 3.63) is 82.9 Å². The maximum atomic E-state index is 5.73. The zero-order chi connectivity index (χ0) is 21.3. The first kappa shape index (κ1) is 20.6. The second-order valence-corrected chi connectivity index (χ2v) is 8.15. The zero-order valence-corrected chi connectivity index (χ0v) is 18.7. The Balaban J connectivity index is 1.83. The van der Waals surface area contributed by atoms with Crippen molar-refractivity contribution in [1.82, 2.24) is 19.8 Å². The predicted molar refractivity (Wildman–Crippen MR) is 124 cm³/mol. The predicted octanol–water partition coefficient (Wildman–Crippen LogP) is 4.42. The Morgan fingerprint density at radius 2 is 1.87 bits per heavy atom. The summed E-state index contributed by atoms with van der Waals surface area (Å²) in [7, 11) is 1.72. The number of aryl methyl sites for hydroxylation is 2. The monoisotopic (exact) mass is 420 g/mol. The quantitative estimate of drug-likeness (QED) is 0.598. The number of thiocarbonyl (C=S) groups is 1. The summed E-state index contributed by atoms with van der Waals surface area (Å²) in [6.07, 6.45) is 1.84. The van der Waals surface area contributed by atoms with Gasteiger partial charge >= 0.3 is 0 Å². The molecule has 30 heavy (non-hydrogen) atoms. The smallest absolute Gasteiger partial charge is 0.170 e. The molecule has 0 saturated carbocycles. The third kappa shape index (κ3) is 3.61. The van der Waals surface area contributed by atoms with Crippen molar-refractivity contribution >= 4 is 17.3 Å². The van der Waals surface area contributed by atoms with E-state index in [4.69, 9.17) is 17.0 Å². The molecule has 1 aromatic carbocycles. The van der Waals surface area contributed by atoms with Crippen LogP contribution in [0.5, 0.6) is 0 Å². The Bertz CT molecular complexity index is 1050. The van der Waals surface area contributed by atoms with Crippen LogP contribution in [0.15, 0.2) is 54.7 Å². The lowest BCUT2D eigenvalue weighted by Crippen LogP contribution is -2.32. The van der Waals surface area contributed by atoms with Crippen LogP contribution in [0.1, 0.15) is 40.3 Å². The lowest BCUT2D eigenvalue weighted by Gasteiger charge is -2.28. The second-order valence-electron chi connectivity index (χ2n) is 7.76. The molecular weight excluding hydrogens is 392 g/mol. The van der Waals surface area contributed by atoms with Gasteiger partial charge in [-0.1, -0.05) is 24.3 Å². The standard InChI is InChI=1S/C24H28N4OS/c1-16-9-5-6-11-21(16)28-17(2)15-19(18(28)3)23-22(20-10-7-8-12-25-20)26-24(30)27(23)13-14-29-4/h5-12,15,22-23H,13-14H2,1-4H3,(H,26,30)/t22-,23+/m1/s1. The maximum absolute atomic E-state index is 5.73. The van der Waals surface area contributed by atoms with Gasteiger partial charge in [-0.15, -0.1) is 0 Å². The van der Waals surface area contributed by atoms with E-state index in [1.165, 1.54) is 28.2 Å². The minimum absolute atomic E-state index is 0.0126. The molecule has 1 N–H and O–H groups in total. The highest BCUT2D eigenvalue weighted by Crippen LogP contribution is 2.41. The number of hydrogen-bond donors (Lipinski definition) is 1. The summed E-state index contributed by atoms with van der Waals surface area (Å²) in [4.78, 5) is 6.87. The van der Waals surface area contributed by atoms with Crippen LogP contribution in [0, 0.1) is 20.8 Å². The van der Waals surface area contributed by atoms with Crippen LogP contribution in [-0.4, -0.2) is 39.8 Å². The third-order valence-corrected chi connectivity index (χ3v) is 6.23. The Kier molecular flexibility index (Phi) is 5.88. The van der Waals surface area contributed by atoms with Crippen molar-refractivity contribution in [2.24, 2.45) is 0 Å². The SMILES string of the molecule is COCCN1C(=S)N[C@H](c2ccccn2)[C@@H]1c1cc(C)n(-c2ccccc2C)c1C. The molecule has 3 aromatic rings. The van der Waals surface area contributed by atoms with Gasteiger partial charge in [0.2, 0.25) is 0 Å². The number of nitrogens with zero attached hydrogens (tertiary/aromatic N) is 3. The first-order valence-electron chi connectivity index (χ1n) is 10.2. The summed E-state index contributed by atoms with van der Waals surface area (Å²) in [5.74, 6) is 0. The van der Waals surface area contributed by atoms with Gasteiger partial charge in [0.05, 0.1) is 24.4 Å². The molecule has 0 spiro atoms. The van der Waals surface area contributed by atoms with E-state index < -0.39 is 0 Å². The van der Waals surface area contributed by atoms with Gasteiger partial charge in [0.1, 0.15) is 0 Å². The van der Waals surface area contributed by atoms with E-state index in [-0.39, 0.29) is 12.1 Å². The fourth-order valence-corrected chi connectivity index (χ4v) is 4.78. The van der Waals surface area contributed by atoms with E-state index >= 15 is 0 Å². The van der Waals surface area contributed by atoms with Crippen LogP contribution in [0.3, 0.4) is 0 Å². The summed E-state index contributed by atoms with van der Waals surface area (Å²) in [6, 6.07) is 16.9. The highest BCUT2D eigenvalue weighted by atomic mass is 32.1. The van der Waals surface area contributed by atoms with E-state index in [9.17, 15) is 0 Å². The average molecular weight is 421 g/mol. The molecule has 1 fully saturated rings. The Morgan fingerprint density at radius 3 is 2.57 bits per heavy atom. The number of aromatic nitrogens is 2. The van der Waals surface area contributed by atoms with Crippen molar-refractivity contribution in [2.45, 2.75) is 32.9 Å². The molecule has 2 aromatic heterocycles. The van der Waals surface area contributed by atoms with Crippen molar-refractivity contribution in [1.29, 1.82) is 0 Å². The molecule has 0 bridgehead atoms. The molecule has 0 aliphatic carbocycles. The number of nitrogens with one attached hydrogen (secondary N) is 1. The average Bonchev–Trinajstić information content (AvgIpc) is 3.23. The number of hydrogen-bond acceptors (Lipinski definition) is 3.